The first kappa shape index (κ1) is 12.2. The Labute approximate surface area is 101 Å². The minimum atomic E-state index is -0.695. The molecule has 1 fully saturated rings. The van der Waals surface area contributed by atoms with Crippen molar-refractivity contribution in [2.45, 2.75) is 26.8 Å². The molecule has 1 saturated heterocycles. The Balaban J connectivity index is 2.02. The summed E-state index contributed by atoms with van der Waals surface area (Å²) in [5.74, 6) is -0.0980. The van der Waals surface area contributed by atoms with Gasteiger partial charge in [0.25, 0.3) is 0 Å². The lowest BCUT2D eigenvalue weighted by molar-refractivity contribution is -0.149. The van der Waals surface area contributed by atoms with Gasteiger partial charge in [0.2, 0.25) is 0 Å². The topological polar surface area (TPSA) is 53.7 Å². The highest BCUT2D eigenvalue weighted by Crippen LogP contribution is 2.36. The van der Waals surface area contributed by atoms with Crippen molar-refractivity contribution in [1.82, 2.24) is 4.90 Å². The van der Waals surface area contributed by atoms with Crippen molar-refractivity contribution in [3.05, 3.63) is 24.2 Å². The third-order valence-corrected chi connectivity index (χ3v) is 3.71. The van der Waals surface area contributed by atoms with Crippen LogP contribution in [-0.2, 0) is 11.3 Å². The van der Waals surface area contributed by atoms with Crippen molar-refractivity contribution < 1.29 is 14.3 Å². The molecule has 1 aromatic rings. The minimum Gasteiger partial charge on any atom is -0.481 e. The Morgan fingerprint density at radius 1 is 1.65 bits per heavy atom. The lowest BCUT2D eigenvalue weighted by Crippen LogP contribution is -2.47. The maximum absolute atomic E-state index is 11.3. The molecule has 94 valence electrons. The number of likely N-dealkylation sites (tertiary alicyclic amines) is 1. The van der Waals surface area contributed by atoms with E-state index in [2.05, 4.69) is 4.90 Å². The molecule has 1 atom stereocenters. The number of aliphatic carboxylic acids is 1. The van der Waals surface area contributed by atoms with Crippen LogP contribution >= 0.6 is 0 Å². The molecule has 0 bridgehead atoms. The summed E-state index contributed by atoms with van der Waals surface area (Å²) in [6, 6.07) is 3.79. The first-order valence-corrected chi connectivity index (χ1v) is 5.96. The second-order valence-corrected chi connectivity index (χ2v) is 5.44. The maximum Gasteiger partial charge on any atom is 0.308 e. The summed E-state index contributed by atoms with van der Waals surface area (Å²) in [5, 5.41) is 9.27. The smallest absolute Gasteiger partial charge is 0.308 e. The molecule has 1 unspecified atom stereocenters. The van der Waals surface area contributed by atoms with Gasteiger partial charge in [-0.25, -0.2) is 0 Å². The summed E-state index contributed by atoms with van der Waals surface area (Å²) < 4.78 is 5.29. The van der Waals surface area contributed by atoms with Crippen LogP contribution in [0.3, 0.4) is 0 Å². The summed E-state index contributed by atoms with van der Waals surface area (Å²) in [6.07, 6.45) is 2.56. The Hall–Kier alpha value is -1.29. The zero-order valence-electron chi connectivity index (χ0n) is 10.3. The molecule has 0 saturated carbocycles. The highest BCUT2D eigenvalue weighted by Gasteiger charge is 2.40. The van der Waals surface area contributed by atoms with E-state index in [1.54, 1.807) is 6.26 Å². The molecule has 0 spiro atoms. The van der Waals surface area contributed by atoms with Crippen LogP contribution in [0.1, 0.15) is 26.0 Å². The number of carboxylic acid groups (broad SMARTS) is 1. The normalized spacial score (nSPS) is 24.7. The van der Waals surface area contributed by atoms with Crippen molar-refractivity contribution in [3.8, 4) is 0 Å². The number of piperidine rings is 1. The van der Waals surface area contributed by atoms with E-state index in [1.165, 1.54) is 0 Å². The van der Waals surface area contributed by atoms with E-state index in [1.807, 2.05) is 26.0 Å². The molecule has 0 radical (unpaired) electrons. The molecule has 0 aliphatic carbocycles. The Bertz CT molecular complexity index is 383. The number of carbonyl (C=O) groups is 1. The fourth-order valence-electron chi connectivity index (χ4n) is 2.40. The summed E-state index contributed by atoms with van der Waals surface area (Å²) in [6.45, 7) is 6.30. The average molecular weight is 237 g/mol. The van der Waals surface area contributed by atoms with Gasteiger partial charge in [-0.15, -0.1) is 0 Å². The molecule has 2 heterocycles. The highest BCUT2D eigenvalue weighted by atomic mass is 16.4. The standard InChI is InChI=1S/C13H19NO3/c1-13(2)5-6-14(9-11(13)12(15)16)8-10-4-3-7-17-10/h3-4,7,11H,5-6,8-9H2,1-2H3,(H,15,16). The van der Waals surface area contributed by atoms with Gasteiger partial charge >= 0.3 is 5.97 Å². The van der Waals surface area contributed by atoms with E-state index in [9.17, 15) is 9.90 Å². The van der Waals surface area contributed by atoms with Crippen molar-refractivity contribution >= 4 is 5.97 Å². The molecule has 1 aromatic heterocycles. The zero-order valence-corrected chi connectivity index (χ0v) is 10.3. The third-order valence-electron chi connectivity index (χ3n) is 3.71. The summed E-state index contributed by atoms with van der Waals surface area (Å²) >= 11 is 0. The van der Waals surface area contributed by atoms with Gasteiger partial charge in [0, 0.05) is 6.54 Å². The molecule has 1 aliphatic heterocycles. The predicted octanol–water partition coefficient (Wildman–Crippen LogP) is 2.21. The Morgan fingerprint density at radius 3 is 3.00 bits per heavy atom. The largest absolute Gasteiger partial charge is 0.481 e. The number of carboxylic acids is 1. The van der Waals surface area contributed by atoms with E-state index < -0.39 is 5.97 Å². The highest BCUT2D eigenvalue weighted by molar-refractivity contribution is 5.71. The minimum absolute atomic E-state index is 0.120. The van der Waals surface area contributed by atoms with Crippen LogP contribution in [-0.4, -0.2) is 29.1 Å². The third kappa shape index (κ3) is 2.69. The van der Waals surface area contributed by atoms with Gasteiger partial charge in [-0.1, -0.05) is 13.8 Å². The molecular formula is C13H19NO3. The number of furan rings is 1. The summed E-state index contributed by atoms with van der Waals surface area (Å²) in [7, 11) is 0. The van der Waals surface area contributed by atoms with Gasteiger partial charge in [-0.2, -0.15) is 0 Å². The van der Waals surface area contributed by atoms with E-state index in [-0.39, 0.29) is 11.3 Å². The van der Waals surface area contributed by atoms with Crippen molar-refractivity contribution in [1.29, 1.82) is 0 Å². The van der Waals surface area contributed by atoms with Crippen LogP contribution in [0, 0.1) is 11.3 Å². The molecule has 4 heteroatoms. The van der Waals surface area contributed by atoms with Gasteiger partial charge in [0.05, 0.1) is 18.7 Å². The second-order valence-electron chi connectivity index (χ2n) is 5.44. The van der Waals surface area contributed by atoms with Crippen LogP contribution < -0.4 is 0 Å². The first-order chi connectivity index (χ1) is 7.99. The van der Waals surface area contributed by atoms with Gasteiger partial charge < -0.3 is 9.52 Å². The van der Waals surface area contributed by atoms with E-state index >= 15 is 0 Å². The van der Waals surface area contributed by atoms with Gasteiger partial charge in [-0.05, 0) is 30.5 Å². The van der Waals surface area contributed by atoms with Gasteiger partial charge in [0.15, 0.2) is 0 Å². The van der Waals surface area contributed by atoms with Crippen LogP contribution in [0.5, 0.6) is 0 Å². The monoisotopic (exact) mass is 237 g/mol. The molecule has 0 amide bonds. The molecule has 1 N–H and O–H groups in total. The van der Waals surface area contributed by atoms with E-state index in [0.717, 1.165) is 18.7 Å². The van der Waals surface area contributed by atoms with Crippen molar-refractivity contribution in [2.75, 3.05) is 13.1 Å². The molecule has 1 aliphatic rings. The fraction of sp³-hybridized carbons (Fsp3) is 0.615. The van der Waals surface area contributed by atoms with Gasteiger partial charge in [0.1, 0.15) is 5.76 Å². The predicted molar refractivity (Wildman–Crippen MR) is 63.5 cm³/mol. The first-order valence-electron chi connectivity index (χ1n) is 5.96. The maximum atomic E-state index is 11.3. The van der Waals surface area contributed by atoms with Crippen LogP contribution in [0.25, 0.3) is 0 Å². The Morgan fingerprint density at radius 2 is 2.41 bits per heavy atom. The number of hydrogen-bond acceptors (Lipinski definition) is 3. The number of hydrogen-bond donors (Lipinski definition) is 1. The Kier molecular flexibility index (Phi) is 3.24. The van der Waals surface area contributed by atoms with Crippen LogP contribution in [0.4, 0.5) is 0 Å². The number of rotatable bonds is 3. The van der Waals surface area contributed by atoms with E-state index in [0.29, 0.717) is 13.1 Å². The molecule has 4 nitrogen and oxygen atoms in total. The van der Waals surface area contributed by atoms with Crippen molar-refractivity contribution in [2.24, 2.45) is 11.3 Å². The van der Waals surface area contributed by atoms with Crippen molar-refractivity contribution in [3.63, 3.8) is 0 Å². The molecule has 17 heavy (non-hydrogen) atoms. The molecule has 2 rings (SSSR count). The quantitative estimate of drug-likeness (QED) is 0.875. The molecular weight excluding hydrogens is 218 g/mol. The average Bonchev–Trinajstić information content (AvgIpc) is 2.73. The summed E-state index contributed by atoms with van der Waals surface area (Å²) in [4.78, 5) is 13.4. The zero-order chi connectivity index (χ0) is 12.5. The number of nitrogens with zero attached hydrogens (tertiary/aromatic N) is 1. The summed E-state index contributed by atoms with van der Waals surface area (Å²) in [5.41, 5.74) is -0.120. The van der Waals surface area contributed by atoms with E-state index in [4.69, 9.17) is 4.42 Å². The second kappa shape index (κ2) is 4.53. The molecule has 0 aromatic carbocycles. The van der Waals surface area contributed by atoms with Crippen LogP contribution in [0.15, 0.2) is 22.8 Å². The fourth-order valence-corrected chi connectivity index (χ4v) is 2.40. The van der Waals surface area contributed by atoms with Crippen LogP contribution in [0.2, 0.25) is 0 Å². The SMILES string of the molecule is CC1(C)CCN(Cc2ccco2)CC1C(=O)O. The van der Waals surface area contributed by atoms with Gasteiger partial charge in [-0.3, -0.25) is 9.69 Å². The lowest BCUT2D eigenvalue weighted by atomic mass is 9.73. The lowest BCUT2D eigenvalue weighted by Gasteiger charge is -2.41.